The summed E-state index contributed by atoms with van der Waals surface area (Å²) in [6.07, 6.45) is 4.85. The summed E-state index contributed by atoms with van der Waals surface area (Å²) < 4.78 is 0. The third kappa shape index (κ3) is 3.79. The molecule has 1 heterocycles. The smallest absolute Gasteiger partial charge is 0.0782 e. The highest BCUT2D eigenvalue weighted by Crippen LogP contribution is 2.17. The predicted octanol–water partition coefficient (Wildman–Crippen LogP) is 1.76. The van der Waals surface area contributed by atoms with E-state index in [-0.39, 0.29) is 5.73 Å². The van der Waals surface area contributed by atoms with Crippen molar-refractivity contribution in [3.8, 4) is 0 Å². The number of nitrogens with one attached hydrogen (secondary N) is 1. The van der Waals surface area contributed by atoms with Crippen LogP contribution in [0, 0.1) is 0 Å². The Labute approximate surface area is 82.7 Å². The van der Waals surface area contributed by atoms with Gasteiger partial charge in [0.2, 0.25) is 0 Å². The van der Waals surface area contributed by atoms with E-state index in [1.807, 2.05) is 0 Å². The lowest BCUT2D eigenvalue weighted by Gasteiger charge is -2.30. The van der Waals surface area contributed by atoms with E-state index in [0.717, 1.165) is 13.0 Å². The highest BCUT2D eigenvalue weighted by molar-refractivity contribution is 6.77. The van der Waals surface area contributed by atoms with Crippen LogP contribution in [-0.2, 0) is 0 Å². The standard InChI is InChI=1S/C10H23NOSi/c1-13(2,3)10(12)8-9-6-4-5-7-11-9/h9-12H,4-8H2,1-3H3. The number of hydrogen-bond acceptors (Lipinski definition) is 2. The number of piperidine rings is 1. The zero-order valence-electron chi connectivity index (χ0n) is 9.14. The highest BCUT2D eigenvalue weighted by Gasteiger charge is 2.27. The van der Waals surface area contributed by atoms with Gasteiger partial charge < -0.3 is 10.4 Å². The molecular weight excluding hydrogens is 178 g/mol. The quantitative estimate of drug-likeness (QED) is 0.682. The van der Waals surface area contributed by atoms with E-state index in [1.165, 1.54) is 19.3 Å². The van der Waals surface area contributed by atoms with E-state index in [0.29, 0.717) is 6.04 Å². The topological polar surface area (TPSA) is 32.3 Å². The summed E-state index contributed by atoms with van der Waals surface area (Å²) in [5.74, 6) is 0. The van der Waals surface area contributed by atoms with Gasteiger partial charge in [0.25, 0.3) is 0 Å². The molecule has 3 heteroatoms. The van der Waals surface area contributed by atoms with Gasteiger partial charge in [0.1, 0.15) is 0 Å². The Morgan fingerprint density at radius 2 is 2.08 bits per heavy atom. The van der Waals surface area contributed by atoms with Crippen LogP contribution in [0.3, 0.4) is 0 Å². The van der Waals surface area contributed by atoms with Crippen LogP contribution in [-0.4, -0.2) is 31.5 Å². The average Bonchev–Trinajstić information content (AvgIpc) is 2.04. The van der Waals surface area contributed by atoms with Crippen molar-refractivity contribution < 1.29 is 5.11 Å². The molecule has 2 nitrogen and oxygen atoms in total. The largest absolute Gasteiger partial charge is 0.396 e. The van der Waals surface area contributed by atoms with Crippen LogP contribution in [0.25, 0.3) is 0 Å². The first-order chi connectivity index (χ1) is 6.00. The first-order valence-electron chi connectivity index (χ1n) is 5.41. The maximum atomic E-state index is 9.96. The van der Waals surface area contributed by atoms with E-state index < -0.39 is 8.07 Å². The van der Waals surface area contributed by atoms with Gasteiger partial charge in [0.15, 0.2) is 0 Å². The van der Waals surface area contributed by atoms with Crippen LogP contribution < -0.4 is 5.32 Å². The molecule has 0 saturated carbocycles. The molecule has 0 aromatic rings. The lowest BCUT2D eigenvalue weighted by Crippen LogP contribution is -2.45. The predicted molar refractivity (Wildman–Crippen MR) is 59.6 cm³/mol. The van der Waals surface area contributed by atoms with Crippen molar-refractivity contribution in [2.24, 2.45) is 0 Å². The molecule has 0 aromatic heterocycles. The first-order valence-corrected chi connectivity index (χ1v) is 8.99. The molecule has 0 aromatic carbocycles. The van der Waals surface area contributed by atoms with Gasteiger partial charge in [-0.05, 0) is 25.8 Å². The molecule has 78 valence electrons. The molecule has 1 fully saturated rings. The molecule has 2 unspecified atom stereocenters. The fourth-order valence-electron chi connectivity index (χ4n) is 1.75. The Morgan fingerprint density at radius 3 is 2.54 bits per heavy atom. The van der Waals surface area contributed by atoms with Crippen LogP contribution in [0.15, 0.2) is 0 Å². The van der Waals surface area contributed by atoms with Crippen molar-refractivity contribution in [3.05, 3.63) is 0 Å². The van der Waals surface area contributed by atoms with Crippen LogP contribution in [0.4, 0.5) is 0 Å². The molecule has 0 aliphatic carbocycles. The van der Waals surface area contributed by atoms with E-state index >= 15 is 0 Å². The molecule has 1 rings (SSSR count). The van der Waals surface area contributed by atoms with Crippen LogP contribution in [0.1, 0.15) is 25.7 Å². The fourth-order valence-corrected chi connectivity index (χ4v) is 2.74. The summed E-state index contributed by atoms with van der Waals surface area (Å²) in [7, 11) is -1.33. The molecule has 0 amide bonds. The minimum atomic E-state index is -1.33. The maximum Gasteiger partial charge on any atom is 0.0782 e. The van der Waals surface area contributed by atoms with Gasteiger partial charge in [0, 0.05) is 11.8 Å². The SMILES string of the molecule is C[Si](C)(C)C(O)CC1CCCCN1. The van der Waals surface area contributed by atoms with E-state index in [4.69, 9.17) is 0 Å². The number of hydrogen-bond donors (Lipinski definition) is 2. The third-order valence-corrected chi connectivity index (χ3v) is 5.15. The Bertz CT molecular complexity index is 149. The Balaban J connectivity index is 2.30. The summed E-state index contributed by atoms with van der Waals surface area (Å²) in [5, 5.41) is 13.4. The average molecular weight is 201 g/mol. The van der Waals surface area contributed by atoms with Crippen molar-refractivity contribution in [1.29, 1.82) is 0 Å². The van der Waals surface area contributed by atoms with Gasteiger partial charge in [-0.1, -0.05) is 26.1 Å². The van der Waals surface area contributed by atoms with Crippen LogP contribution >= 0.6 is 0 Å². The third-order valence-electron chi connectivity index (χ3n) is 2.92. The lowest BCUT2D eigenvalue weighted by molar-refractivity contribution is 0.203. The van der Waals surface area contributed by atoms with Crippen molar-refractivity contribution in [3.63, 3.8) is 0 Å². The Morgan fingerprint density at radius 1 is 1.38 bits per heavy atom. The Kier molecular flexibility index (Phi) is 3.95. The molecule has 0 radical (unpaired) electrons. The highest BCUT2D eigenvalue weighted by atomic mass is 28.3. The van der Waals surface area contributed by atoms with Gasteiger partial charge in [0.05, 0.1) is 8.07 Å². The number of aliphatic hydroxyl groups excluding tert-OH is 1. The molecule has 0 spiro atoms. The van der Waals surface area contributed by atoms with E-state index in [9.17, 15) is 5.11 Å². The summed E-state index contributed by atoms with van der Waals surface area (Å²) in [6, 6.07) is 0.579. The number of aliphatic hydroxyl groups is 1. The van der Waals surface area contributed by atoms with Gasteiger partial charge in [-0.2, -0.15) is 0 Å². The van der Waals surface area contributed by atoms with Gasteiger partial charge in [-0.15, -0.1) is 0 Å². The second-order valence-corrected chi connectivity index (χ2v) is 10.7. The Hall–Kier alpha value is 0.137. The second kappa shape index (κ2) is 4.58. The summed E-state index contributed by atoms with van der Waals surface area (Å²) in [4.78, 5) is 0. The maximum absolute atomic E-state index is 9.96. The van der Waals surface area contributed by atoms with Crippen LogP contribution in [0.5, 0.6) is 0 Å². The van der Waals surface area contributed by atoms with Crippen molar-refractivity contribution >= 4 is 8.07 Å². The summed E-state index contributed by atoms with van der Waals surface area (Å²) in [5.41, 5.74) is -0.0388. The second-order valence-electron chi connectivity index (χ2n) is 5.26. The molecular formula is C10H23NOSi. The molecule has 2 N–H and O–H groups in total. The zero-order valence-corrected chi connectivity index (χ0v) is 10.1. The molecule has 0 bridgehead atoms. The molecule has 1 aliphatic heterocycles. The van der Waals surface area contributed by atoms with Gasteiger partial charge >= 0.3 is 0 Å². The van der Waals surface area contributed by atoms with Crippen molar-refractivity contribution in [2.75, 3.05) is 6.54 Å². The van der Waals surface area contributed by atoms with Crippen LogP contribution in [0.2, 0.25) is 19.6 Å². The normalized spacial score (nSPS) is 27.2. The van der Waals surface area contributed by atoms with Gasteiger partial charge in [-0.3, -0.25) is 0 Å². The molecule has 1 saturated heterocycles. The first kappa shape index (κ1) is 11.2. The zero-order chi connectivity index (χ0) is 9.90. The minimum Gasteiger partial charge on any atom is -0.396 e. The van der Waals surface area contributed by atoms with Crippen molar-refractivity contribution in [2.45, 2.75) is 57.1 Å². The molecule has 13 heavy (non-hydrogen) atoms. The molecule has 1 aliphatic rings. The lowest BCUT2D eigenvalue weighted by atomic mass is 10.0. The van der Waals surface area contributed by atoms with Crippen molar-refractivity contribution in [1.82, 2.24) is 5.32 Å². The summed E-state index contributed by atoms with van der Waals surface area (Å²) >= 11 is 0. The van der Waals surface area contributed by atoms with Gasteiger partial charge in [-0.25, -0.2) is 0 Å². The summed E-state index contributed by atoms with van der Waals surface area (Å²) in [6.45, 7) is 7.85. The molecule has 2 atom stereocenters. The minimum absolute atomic E-state index is 0.0388. The van der Waals surface area contributed by atoms with E-state index in [1.54, 1.807) is 0 Å². The monoisotopic (exact) mass is 201 g/mol. The van der Waals surface area contributed by atoms with E-state index in [2.05, 4.69) is 25.0 Å². The fraction of sp³-hybridized carbons (Fsp3) is 1.00. The number of rotatable bonds is 3.